The van der Waals surface area contributed by atoms with Crippen molar-refractivity contribution in [1.82, 2.24) is 0 Å². The summed E-state index contributed by atoms with van der Waals surface area (Å²) in [6, 6.07) is 10.4. The summed E-state index contributed by atoms with van der Waals surface area (Å²) in [7, 11) is 3.17. The number of carbonyl (C=O) groups excluding carboxylic acids is 2. The minimum absolute atomic E-state index is 0.0864. The van der Waals surface area contributed by atoms with Crippen LogP contribution in [-0.2, 0) is 9.53 Å². The molecule has 35 heavy (non-hydrogen) atoms. The predicted octanol–water partition coefficient (Wildman–Crippen LogP) is 5.84. The number of carbonyl (C=O) groups is 2. The van der Waals surface area contributed by atoms with Gasteiger partial charge in [0, 0.05) is 5.56 Å². The van der Waals surface area contributed by atoms with Crippen LogP contribution in [0.3, 0.4) is 0 Å². The third-order valence-electron chi connectivity index (χ3n) is 5.44. The number of aryl methyl sites for hydroxylation is 1. The van der Waals surface area contributed by atoms with Gasteiger partial charge < -0.3 is 19.3 Å². The number of hydrogen-bond donors (Lipinski definition) is 1. The molecule has 3 rings (SSSR count). The molecule has 2 aromatic rings. The molecule has 1 N–H and O–H groups in total. The second-order valence-corrected chi connectivity index (χ2v) is 9.14. The number of esters is 1. The molecule has 7 nitrogen and oxygen atoms in total. The Kier molecular flexibility index (Phi) is 8.40. The smallest absolute Gasteiger partial charge is 0.344 e. The first-order valence-electron chi connectivity index (χ1n) is 11.2. The number of benzene rings is 2. The van der Waals surface area contributed by atoms with Gasteiger partial charge in [0.15, 0.2) is 0 Å². The van der Waals surface area contributed by atoms with Crippen LogP contribution in [-0.4, -0.2) is 42.9 Å². The summed E-state index contributed by atoms with van der Waals surface area (Å²) in [5.74, 6) is 0.0618. The monoisotopic (exact) mass is 495 g/mol. The molecule has 0 spiro atoms. The van der Waals surface area contributed by atoms with Crippen molar-refractivity contribution in [3.8, 4) is 11.5 Å². The van der Waals surface area contributed by atoms with Crippen molar-refractivity contribution in [3.05, 3.63) is 74.9 Å². The van der Waals surface area contributed by atoms with Crippen LogP contribution in [0.1, 0.15) is 53.7 Å². The maximum absolute atomic E-state index is 12.8. The maximum Gasteiger partial charge on any atom is 0.344 e. The molecule has 2 aromatic carbocycles. The normalized spacial score (nSPS) is 15.7. The summed E-state index contributed by atoms with van der Waals surface area (Å²) in [5.41, 5.74) is 3.01. The summed E-state index contributed by atoms with van der Waals surface area (Å²) in [6.07, 6.45) is 1.78. The zero-order chi connectivity index (χ0) is 25.7. The lowest BCUT2D eigenvalue weighted by Gasteiger charge is -2.15. The first kappa shape index (κ1) is 26.1. The summed E-state index contributed by atoms with van der Waals surface area (Å²) >= 11 is 1.05. The molecule has 0 saturated carbocycles. The first-order chi connectivity index (χ1) is 16.7. The summed E-state index contributed by atoms with van der Waals surface area (Å²) in [4.78, 5) is 30.0. The van der Waals surface area contributed by atoms with Gasteiger partial charge in [-0.05, 0) is 78.9 Å². The van der Waals surface area contributed by atoms with Crippen LogP contribution < -0.4 is 9.47 Å². The number of aliphatic hydroxyl groups is 1. The molecule has 1 aliphatic rings. The van der Waals surface area contributed by atoms with Gasteiger partial charge in [0.25, 0.3) is 5.91 Å². The van der Waals surface area contributed by atoms with Gasteiger partial charge in [-0.2, -0.15) is 0 Å². The average Bonchev–Trinajstić information content (AvgIpc) is 3.14. The van der Waals surface area contributed by atoms with Crippen molar-refractivity contribution in [3.63, 3.8) is 0 Å². The van der Waals surface area contributed by atoms with Gasteiger partial charge in [-0.1, -0.05) is 25.6 Å². The zero-order valence-corrected chi connectivity index (χ0v) is 21.5. The highest BCUT2D eigenvalue weighted by atomic mass is 32.2. The van der Waals surface area contributed by atoms with Crippen molar-refractivity contribution in [2.75, 3.05) is 20.8 Å². The molecule has 184 valence electrons. The van der Waals surface area contributed by atoms with E-state index in [1.807, 2.05) is 19.1 Å². The summed E-state index contributed by atoms with van der Waals surface area (Å²) in [5, 5.41) is 11.0. The number of amides is 1. The van der Waals surface area contributed by atoms with Gasteiger partial charge >= 0.3 is 5.97 Å². The molecule has 1 amide bonds. The number of ether oxygens (including phenoxy) is 3. The van der Waals surface area contributed by atoms with E-state index in [-0.39, 0.29) is 28.9 Å². The van der Waals surface area contributed by atoms with Crippen LogP contribution in [0.4, 0.5) is 0 Å². The minimum Gasteiger partial charge on any atom is -0.506 e. The van der Waals surface area contributed by atoms with Gasteiger partial charge in [0.2, 0.25) is 0 Å². The van der Waals surface area contributed by atoms with Crippen LogP contribution in [0.15, 0.2) is 57.6 Å². The topological polar surface area (TPSA) is 94.4 Å². The molecular weight excluding hydrogens is 466 g/mol. The van der Waals surface area contributed by atoms with Crippen LogP contribution >= 0.6 is 11.8 Å². The molecule has 0 radical (unpaired) electrons. The second-order valence-electron chi connectivity index (χ2n) is 8.11. The maximum atomic E-state index is 12.8. The third kappa shape index (κ3) is 5.77. The van der Waals surface area contributed by atoms with Gasteiger partial charge in [0.1, 0.15) is 27.9 Å². The van der Waals surface area contributed by atoms with E-state index < -0.39 is 11.9 Å². The molecule has 0 bridgehead atoms. The van der Waals surface area contributed by atoms with Crippen LogP contribution in [0, 0.1) is 6.92 Å². The van der Waals surface area contributed by atoms with E-state index in [0.717, 1.165) is 34.2 Å². The molecule has 0 fully saturated rings. The first-order valence-corrected chi connectivity index (χ1v) is 12.0. The highest BCUT2D eigenvalue weighted by molar-refractivity contribution is 8.18. The Morgan fingerprint density at radius 1 is 1.11 bits per heavy atom. The Labute approximate surface area is 209 Å². The Morgan fingerprint density at radius 2 is 1.80 bits per heavy atom. The molecule has 0 aliphatic carbocycles. The molecule has 0 aromatic heterocycles. The molecule has 1 aliphatic heterocycles. The molecule has 0 unspecified atom stereocenters. The molecular formula is C27H29NO6S. The third-order valence-corrected chi connectivity index (χ3v) is 6.46. The largest absolute Gasteiger partial charge is 0.506 e. The highest BCUT2D eigenvalue weighted by Crippen LogP contribution is 2.40. The fourth-order valence-electron chi connectivity index (χ4n) is 3.52. The number of nitrogens with zero attached hydrogens (tertiary/aromatic N) is 1. The van der Waals surface area contributed by atoms with Gasteiger partial charge in [-0.25, -0.2) is 9.79 Å². The quantitative estimate of drug-likeness (QED) is 0.482. The molecule has 1 heterocycles. The lowest BCUT2D eigenvalue weighted by molar-refractivity contribution is -0.138. The lowest BCUT2D eigenvalue weighted by atomic mass is 9.96. The summed E-state index contributed by atoms with van der Waals surface area (Å²) in [6.45, 7) is 7.87. The van der Waals surface area contributed by atoms with E-state index >= 15 is 0 Å². The summed E-state index contributed by atoms with van der Waals surface area (Å²) < 4.78 is 15.8. The number of aliphatic hydroxyl groups excluding tert-OH is 1. The van der Waals surface area contributed by atoms with E-state index in [9.17, 15) is 14.7 Å². The standard InChI is InChI=1S/C27H29NO6S/c1-7-34-27(31)23-24(29)22(14-18-13-20(15(2)3)21(33-6)12-16(18)4)35-26(23)28-25(30)17-8-10-19(32-5)11-9-17/h8-15,29H,7H2,1-6H3/b22-14-,28-26?. The Bertz CT molecular complexity index is 1220. The van der Waals surface area contributed by atoms with Crippen molar-refractivity contribution < 1.29 is 28.9 Å². The van der Waals surface area contributed by atoms with E-state index in [2.05, 4.69) is 18.8 Å². The highest BCUT2D eigenvalue weighted by Gasteiger charge is 2.34. The zero-order valence-electron chi connectivity index (χ0n) is 20.7. The van der Waals surface area contributed by atoms with E-state index in [1.54, 1.807) is 44.4 Å². The van der Waals surface area contributed by atoms with Crippen LogP contribution in [0.5, 0.6) is 11.5 Å². The molecule has 0 saturated heterocycles. The SMILES string of the molecule is CCOC(=O)C1=C(O)/C(=C/c2cc(C(C)C)c(OC)cc2C)SC1=NC(=O)c1ccc(OC)cc1. The van der Waals surface area contributed by atoms with E-state index in [4.69, 9.17) is 14.2 Å². The minimum atomic E-state index is -0.739. The number of aliphatic imine (C=N–C) groups is 1. The lowest BCUT2D eigenvalue weighted by Crippen LogP contribution is -2.14. The van der Waals surface area contributed by atoms with Crippen molar-refractivity contribution in [2.24, 2.45) is 4.99 Å². The number of methoxy groups -OCH3 is 2. The van der Waals surface area contributed by atoms with Crippen LogP contribution in [0.25, 0.3) is 6.08 Å². The van der Waals surface area contributed by atoms with Gasteiger partial charge in [0.05, 0.1) is 25.7 Å². The van der Waals surface area contributed by atoms with E-state index in [1.165, 1.54) is 7.11 Å². The Morgan fingerprint density at radius 3 is 2.37 bits per heavy atom. The Hall–Kier alpha value is -3.52. The second kappa shape index (κ2) is 11.3. The Balaban J connectivity index is 2.06. The predicted molar refractivity (Wildman–Crippen MR) is 138 cm³/mol. The number of thioether (sulfide) groups is 1. The number of rotatable bonds is 7. The number of hydrogen-bond acceptors (Lipinski definition) is 7. The van der Waals surface area contributed by atoms with Crippen LogP contribution in [0.2, 0.25) is 0 Å². The molecule has 8 heteroatoms. The van der Waals surface area contributed by atoms with Crippen molar-refractivity contribution >= 4 is 34.8 Å². The van der Waals surface area contributed by atoms with Crippen molar-refractivity contribution in [1.29, 1.82) is 0 Å². The average molecular weight is 496 g/mol. The van der Waals surface area contributed by atoms with Gasteiger partial charge in [-0.15, -0.1) is 0 Å². The van der Waals surface area contributed by atoms with Gasteiger partial charge in [-0.3, -0.25) is 4.79 Å². The van der Waals surface area contributed by atoms with Crippen molar-refractivity contribution in [2.45, 2.75) is 33.6 Å². The van der Waals surface area contributed by atoms with E-state index in [0.29, 0.717) is 16.2 Å². The fraction of sp³-hybridized carbons (Fsp3) is 0.296. The molecule has 0 atom stereocenters. The fourth-order valence-corrected chi connectivity index (χ4v) is 4.53.